The third-order valence-electron chi connectivity index (χ3n) is 4.63. The van der Waals surface area contributed by atoms with E-state index in [4.69, 9.17) is 4.74 Å². The summed E-state index contributed by atoms with van der Waals surface area (Å²) in [6, 6.07) is 7.64. The number of rotatable bonds is 4. The van der Waals surface area contributed by atoms with Crippen molar-refractivity contribution in [2.75, 3.05) is 32.8 Å². The monoisotopic (exact) mass is 302 g/mol. The lowest BCUT2D eigenvalue weighted by Gasteiger charge is -2.26. The highest BCUT2D eigenvalue weighted by atomic mass is 16.5. The van der Waals surface area contributed by atoms with Gasteiger partial charge in [0, 0.05) is 31.1 Å². The van der Waals surface area contributed by atoms with E-state index in [1.165, 1.54) is 19.3 Å². The number of benzene rings is 1. The fourth-order valence-corrected chi connectivity index (χ4v) is 3.25. The molecule has 2 saturated heterocycles. The predicted octanol–water partition coefficient (Wildman–Crippen LogP) is 2.69. The third-order valence-corrected chi connectivity index (χ3v) is 4.63. The number of carbonyl (C=O) groups is 1. The average molecular weight is 302 g/mol. The molecule has 1 amide bonds. The minimum atomic E-state index is 0.155. The number of carbonyl (C=O) groups excluding carboxylic acids is 1. The maximum atomic E-state index is 12.4. The highest BCUT2D eigenvalue weighted by Gasteiger charge is 2.18. The van der Waals surface area contributed by atoms with Crippen molar-refractivity contribution in [1.82, 2.24) is 10.2 Å². The number of hydrogen-bond donors (Lipinski definition) is 1. The molecule has 3 rings (SSSR count). The van der Waals surface area contributed by atoms with Crippen LogP contribution in [-0.4, -0.2) is 43.6 Å². The van der Waals surface area contributed by atoms with Crippen LogP contribution in [0.5, 0.6) is 5.75 Å². The van der Waals surface area contributed by atoms with Gasteiger partial charge in [-0.3, -0.25) is 4.79 Å². The SMILES string of the molecule is O=C(c1ccc(OC[C@H]2CCCNC2)cc1)N1CCCCC1. The van der Waals surface area contributed by atoms with Crippen molar-refractivity contribution in [3.8, 4) is 5.75 Å². The topological polar surface area (TPSA) is 41.6 Å². The first-order chi connectivity index (χ1) is 10.8. The van der Waals surface area contributed by atoms with Gasteiger partial charge in [0.05, 0.1) is 6.61 Å². The molecule has 1 aromatic carbocycles. The molecule has 4 heteroatoms. The Labute approximate surface area is 132 Å². The molecule has 0 unspecified atom stereocenters. The molecule has 0 spiro atoms. The Kier molecular flexibility index (Phi) is 5.33. The smallest absolute Gasteiger partial charge is 0.253 e. The number of piperidine rings is 2. The average Bonchev–Trinajstić information content (AvgIpc) is 2.61. The first-order valence-corrected chi connectivity index (χ1v) is 8.56. The number of amides is 1. The minimum absolute atomic E-state index is 0.155. The maximum Gasteiger partial charge on any atom is 0.253 e. The van der Waals surface area contributed by atoms with Crippen LogP contribution in [0.4, 0.5) is 0 Å². The Morgan fingerprint density at radius 1 is 1.14 bits per heavy atom. The van der Waals surface area contributed by atoms with Gasteiger partial charge in [0.1, 0.15) is 5.75 Å². The predicted molar refractivity (Wildman–Crippen MR) is 87.3 cm³/mol. The van der Waals surface area contributed by atoms with Crippen LogP contribution in [0, 0.1) is 5.92 Å². The van der Waals surface area contributed by atoms with Crippen LogP contribution in [-0.2, 0) is 0 Å². The quantitative estimate of drug-likeness (QED) is 0.930. The van der Waals surface area contributed by atoms with E-state index >= 15 is 0 Å². The molecule has 120 valence electrons. The zero-order valence-electron chi connectivity index (χ0n) is 13.2. The van der Waals surface area contributed by atoms with E-state index in [-0.39, 0.29) is 5.91 Å². The summed E-state index contributed by atoms with van der Waals surface area (Å²) in [6.45, 7) is 4.72. The Balaban J connectivity index is 1.51. The second kappa shape index (κ2) is 7.63. The maximum absolute atomic E-state index is 12.4. The zero-order chi connectivity index (χ0) is 15.2. The summed E-state index contributed by atoms with van der Waals surface area (Å²) in [5.41, 5.74) is 0.772. The van der Waals surface area contributed by atoms with Crippen LogP contribution in [0.15, 0.2) is 24.3 Å². The number of nitrogens with zero attached hydrogens (tertiary/aromatic N) is 1. The number of ether oxygens (including phenoxy) is 1. The molecule has 2 aliphatic heterocycles. The lowest BCUT2D eigenvalue weighted by atomic mass is 10.0. The van der Waals surface area contributed by atoms with Crippen molar-refractivity contribution in [2.24, 2.45) is 5.92 Å². The summed E-state index contributed by atoms with van der Waals surface area (Å²) < 4.78 is 5.86. The summed E-state index contributed by atoms with van der Waals surface area (Å²) in [7, 11) is 0. The van der Waals surface area contributed by atoms with Gasteiger partial charge in [-0.2, -0.15) is 0 Å². The summed E-state index contributed by atoms with van der Waals surface area (Å²) in [6.07, 6.45) is 5.97. The number of nitrogens with one attached hydrogen (secondary N) is 1. The number of hydrogen-bond acceptors (Lipinski definition) is 3. The molecule has 0 aromatic heterocycles. The minimum Gasteiger partial charge on any atom is -0.493 e. The largest absolute Gasteiger partial charge is 0.493 e. The molecule has 2 aliphatic rings. The Bertz CT molecular complexity index is 474. The van der Waals surface area contributed by atoms with Gasteiger partial charge in [0.15, 0.2) is 0 Å². The zero-order valence-corrected chi connectivity index (χ0v) is 13.2. The molecule has 1 N–H and O–H groups in total. The third kappa shape index (κ3) is 4.01. The number of likely N-dealkylation sites (tertiary alicyclic amines) is 1. The Morgan fingerprint density at radius 3 is 2.59 bits per heavy atom. The summed E-state index contributed by atoms with van der Waals surface area (Å²) in [5.74, 6) is 1.62. The molecule has 0 bridgehead atoms. The van der Waals surface area contributed by atoms with E-state index in [0.717, 1.165) is 56.9 Å². The molecule has 0 radical (unpaired) electrons. The van der Waals surface area contributed by atoms with Crippen molar-refractivity contribution in [1.29, 1.82) is 0 Å². The first kappa shape index (κ1) is 15.3. The van der Waals surface area contributed by atoms with Crippen LogP contribution in [0.1, 0.15) is 42.5 Å². The Hall–Kier alpha value is -1.55. The van der Waals surface area contributed by atoms with Crippen molar-refractivity contribution in [3.63, 3.8) is 0 Å². The van der Waals surface area contributed by atoms with Gasteiger partial charge in [-0.15, -0.1) is 0 Å². The molecule has 0 saturated carbocycles. The van der Waals surface area contributed by atoms with Crippen molar-refractivity contribution < 1.29 is 9.53 Å². The van der Waals surface area contributed by atoms with Crippen LogP contribution in [0.3, 0.4) is 0 Å². The van der Waals surface area contributed by atoms with Crippen molar-refractivity contribution >= 4 is 5.91 Å². The fraction of sp³-hybridized carbons (Fsp3) is 0.611. The van der Waals surface area contributed by atoms with E-state index in [0.29, 0.717) is 5.92 Å². The molecular weight excluding hydrogens is 276 g/mol. The van der Waals surface area contributed by atoms with Crippen LogP contribution in [0.2, 0.25) is 0 Å². The van der Waals surface area contributed by atoms with Gasteiger partial charge in [0.2, 0.25) is 0 Å². The lowest BCUT2D eigenvalue weighted by Crippen LogP contribution is -2.35. The first-order valence-electron chi connectivity index (χ1n) is 8.56. The normalized spacial score (nSPS) is 22.4. The van der Waals surface area contributed by atoms with E-state index in [1.807, 2.05) is 29.2 Å². The van der Waals surface area contributed by atoms with Gasteiger partial charge in [-0.25, -0.2) is 0 Å². The van der Waals surface area contributed by atoms with Crippen LogP contribution in [0.25, 0.3) is 0 Å². The fourth-order valence-electron chi connectivity index (χ4n) is 3.25. The molecule has 4 nitrogen and oxygen atoms in total. The van der Waals surface area contributed by atoms with Gasteiger partial charge in [-0.1, -0.05) is 0 Å². The van der Waals surface area contributed by atoms with E-state index in [2.05, 4.69) is 5.32 Å². The van der Waals surface area contributed by atoms with Gasteiger partial charge < -0.3 is 15.0 Å². The second-order valence-corrected chi connectivity index (χ2v) is 6.40. The summed E-state index contributed by atoms with van der Waals surface area (Å²) in [5, 5.41) is 3.40. The Morgan fingerprint density at radius 2 is 1.91 bits per heavy atom. The van der Waals surface area contributed by atoms with Crippen molar-refractivity contribution in [3.05, 3.63) is 29.8 Å². The molecule has 2 heterocycles. The molecule has 2 fully saturated rings. The molecular formula is C18H26N2O2. The van der Waals surface area contributed by atoms with Crippen LogP contribution < -0.4 is 10.1 Å². The second-order valence-electron chi connectivity index (χ2n) is 6.40. The highest BCUT2D eigenvalue weighted by molar-refractivity contribution is 5.94. The molecule has 22 heavy (non-hydrogen) atoms. The van der Waals surface area contributed by atoms with Crippen molar-refractivity contribution in [2.45, 2.75) is 32.1 Å². The standard InChI is InChI=1S/C18H26N2O2/c21-18(20-11-2-1-3-12-20)16-6-8-17(9-7-16)22-14-15-5-4-10-19-13-15/h6-9,15,19H,1-5,10-14H2/t15-/m0/s1. The summed E-state index contributed by atoms with van der Waals surface area (Å²) in [4.78, 5) is 14.4. The van der Waals surface area contributed by atoms with Gasteiger partial charge >= 0.3 is 0 Å². The molecule has 0 aliphatic carbocycles. The lowest BCUT2D eigenvalue weighted by molar-refractivity contribution is 0.0724. The summed E-state index contributed by atoms with van der Waals surface area (Å²) >= 11 is 0. The highest BCUT2D eigenvalue weighted by Crippen LogP contribution is 2.18. The van der Waals surface area contributed by atoms with E-state index in [9.17, 15) is 4.79 Å². The molecule has 1 atom stereocenters. The van der Waals surface area contributed by atoms with Gasteiger partial charge in [-0.05, 0) is 62.9 Å². The van der Waals surface area contributed by atoms with Gasteiger partial charge in [0.25, 0.3) is 5.91 Å². The molecule has 1 aromatic rings. The van der Waals surface area contributed by atoms with Crippen LogP contribution >= 0.6 is 0 Å². The van der Waals surface area contributed by atoms with E-state index < -0.39 is 0 Å². The van der Waals surface area contributed by atoms with E-state index in [1.54, 1.807) is 0 Å².